The van der Waals surface area contributed by atoms with E-state index in [1.807, 2.05) is 0 Å². The highest BCUT2D eigenvalue weighted by molar-refractivity contribution is 6.32. The maximum Gasteiger partial charge on any atom is 0.142 e. The number of rotatable bonds is 3. The number of benzene rings is 2. The molecule has 0 bridgehead atoms. The fraction of sp³-hybridized carbons (Fsp3) is 0.143. The van der Waals surface area contributed by atoms with Gasteiger partial charge in [0.05, 0.1) is 22.5 Å². The summed E-state index contributed by atoms with van der Waals surface area (Å²) in [5.41, 5.74) is 1.37. The van der Waals surface area contributed by atoms with Crippen molar-refractivity contribution in [2.24, 2.45) is 0 Å². The van der Waals surface area contributed by atoms with Crippen LogP contribution < -0.4 is 4.74 Å². The molecule has 5 heteroatoms. The fourth-order valence-electron chi connectivity index (χ4n) is 1.70. The van der Waals surface area contributed by atoms with E-state index >= 15 is 0 Å². The summed E-state index contributed by atoms with van der Waals surface area (Å²) in [4.78, 5) is 0. The van der Waals surface area contributed by atoms with E-state index in [-0.39, 0.29) is 5.02 Å². The molecular weight excluding hydrogens is 310 g/mol. The van der Waals surface area contributed by atoms with E-state index in [2.05, 4.69) is 0 Å². The van der Waals surface area contributed by atoms with Crippen molar-refractivity contribution in [2.75, 3.05) is 7.11 Å². The Morgan fingerprint density at radius 1 is 1.00 bits per heavy atom. The molecule has 0 spiro atoms. The Labute approximate surface area is 125 Å². The molecule has 0 aliphatic rings. The summed E-state index contributed by atoms with van der Waals surface area (Å²) in [6.07, 6.45) is 0. The third-order valence-corrected chi connectivity index (χ3v) is 3.81. The first-order chi connectivity index (χ1) is 9.02. The molecule has 0 fully saturated rings. The van der Waals surface area contributed by atoms with Gasteiger partial charge in [0.15, 0.2) is 0 Å². The number of hydrogen-bond acceptors (Lipinski definition) is 1. The van der Waals surface area contributed by atoms with Gasteiger partial charge in [0.25, 0.3) is 0 Å². The molecule has 0 aliphatic carbocycles. The summed E-state index contributed by atoms with van der Waals surface area (Å²) in [6.45, 7) is 0. The van der Waals surface area contributed by atoms with Crippen LogP contribution in [-0.2, 0) is 0 Å². The van der Waals surface area contributed by atoms with Crippen LogP contribution >= 0.6 is 34.8 Å². The van der Waals surface area contributed by atoms with Gasteiger partial charge in [-0.25, -0.2) is 4.39 Å². The fourth-order valence-corrected chi connectivity index (χ4v) is 2.36. The van der Waals surface area contributed by atoms with Crippen molar-refractivity contribution in [1.82, 2.24) is 0 Å². The average molecular weight is 320 g/mol. The Morgan fingerprint density at radius 3 is 2.21 bits per heavy atom. The van der Waals surface area contributed by atoms with Crippen LogP contribution in [0.1, 0.15) is 16.5 Å². The summed E-state index contributed by atoms with van der Waals surface area (Å²) in [5.74, 6) is 0.0704. The van der Waals surface area contributed by atoms with Gasteiger partial charge in [-0.1, -0.05) is 35.3 Å². The summed E-state index contributed by atoms with van der Waals surface area (Å²) in [7, 11) is 1.54. The molecule has 0 aliphatic heterocycles. The molecule has 0 saturated heterocycles. The van der Waals surface area contributed by atoms with E-state index in [0.717, 1.165) is 5.56 Å². The van der Waals surface area contributed by atoms with Crippen molar-refractivity contribution >= 4 is 34.8 Å². The van der Waals surface area contributed by atoms with Crippen LogP contribution in [-0.4, -0.2) is 7.11 Å². The Balaban J connectivity index is 2.35. The molecule has 0 aromatic heterocycles. The lowest BCUT2D eigenvalue weighted by molar-refractivity contribution is 0.415. The van der Waals surface area contributed by atoms with Gasteiger partial charge in [0, 0.05) is 0 Å². The Bertz CT molecular complexity index is 601. The highest BCUT2D eigenvalue weighted by Crippen LogP contribution is 2.34. The minimum Gasteiger partial charge on any atom is -0.495 e. The zero-order chi connectivity index (χ0) is 14.0. The minimum absolute atomic E-state index is 0.0698. The second-order valence-corrected chi connectivity index (χ2v) is 5.18. The molecule has 0 amide bonds. The number of ether oxygens (including phenoxy) is 1. The second kappa shape index (κ2) is 6.00. The van der Waals surface area contributed by atoms with Crippen molar-refractivity contribution in [3.8, 4) is 5.75 Å². The van der Waals surface area contributed by atoms with Gasteiger partial charge >= 0.3 is 0 Å². The maximum absolute atomic E-state index is 13.4. The SMILES string of the molecule is COc1ccc(C(Cl)c2ccc(Cl)c(F)c2)cc1Cl. The topological polar surface area (TPSA) is 9.23 Å². The van der Waals surface area contributed by atoms with Crippen molar-refractivity contribution in [3.63, 3.8) is 0 Å². The zero-order valence-corrected chi connectivity index (χ0v) is 12.2. The molecule has 0 radical (unpaired) electrons. The molecular formula is C14H10Cl3FO. The first-order valence-corrected chi connectivity index (χ1v) is 6.64. The first kappa shape index (κ1) is 14.4. The maximum atomic E-state index is 13.4. The standard InChI is InChI=1S/C14H10Cl3FO/c1-19-13-5-3-8(6-11(13)16)14(17)9-2-4-10(15)12(18)7-9/h2-7,14H,1H3. The summed E-state index contributed by atoms with van der Waals surface area (Å²) in [6, 6.07) is 9.69. The second-order valence-electron chi connectivity index (χ2n) is 3.93. The normalized spacial score (nSPS) is 12.3. The molecule has 2 aromatic rings. The molecule has 1 nitrogen and oxygen atoms in total. The van der Waals surface area contributed by atoms with E-state index in [1.165, 1.54) is 19.2 Å². The van der Waals surface area contributed by atoms with Crippen LogP contribution in [0.4, 0.5) is 4.39 Å². The molecule has 1 atom stereocenters. The van der Waals surface area contributed by atoms with E-state index in [0.29, 0.717) is 16.3 Å². The third-order valence-electron chi connectivity index (χ3n) is 2.70. The zero-order valence-electron chi connectivity index (χ0n) is 9.96. The van der Waals surface area contributed by atoms with Gasteiger partial charge in [-0.15, -0.1) is 11.6 Å². The molecule has 100 valence electrons. The van der Waals surface area contributed by atoms with Crippen LogP contribution in [0.25, 0.3) is 0 Å². The van der Waals surface area contributed by atoms with Crippen LogP contribution in [0.2, 0.25) is 10.0 Å². The van der Waals surface area contributed by atoms with Crippen LogP contribution in [0, 0.1) is 5.82 Å². The van der Waals surface area contributed by atoms with Gasteiger partial charge < -0.3 is 4.74 Å². The van der Waals surface area contributed by atoms with Gasteiger partial charge in [-0.2, -0.15) is 0 Å². The number of alkyl halides is 1. The van der Waals surface area contributed by atoms with Crippen molar-refractivity contribution < 1.29 is 9.13 Å². The average Bonchev–Trinajstić information content (AvgIpc) is 2.41. The summed E-state index contributed by atoms with van der Waals surface area (Å²) < 4.78 is 18.5. The van der Waals surface area contributed by atoms with Gasteiger partial charge in [-0.3, -0.25) is 0 Å². The van der Waals surface area contributed by atoms with E-state index in [9.17, 15) is 4.39 Å². The van der Waals surface area contributed by atoms with Crippen molar-refractivity contribution in [2.45, 2.75) is 5.38 Å². The molecule has 0 heterocycles. The lowest BCUT2D eigenvalue weighted by atomic mass is 10.0. The van der Waals surface area contributed by atoms with Gasteiger partial charge in [-0.05, 0) is 35.4 Å². The number of methoxy groups -OCH3 is 1. The Morgan fingerprint density at radius 2 is 1.63 bits per heavy atom. The Kier molecular flexibility index (Phi) is 4.56. The third kappa shape index (κ3) is 3.14. The van der Waals surface area contributed by atoms with Crippen LogP contribution in [0.5, 0.6) is 5.75 Å². The molecule has 0 saturated carbocycles. The quantitative estimate of drug-likeness (QED) is 0.682. The lowest BCUT2D eigenvalue weighted by Crippen LogP contribution is -1.95. The Hall–Kier alpha value is -0.960. The molecule has 2 aromatic carbocycles. The predicted octanol–water partition coefficient (Wildman–Crippen LogP) is 5.47. The number of hydrogen-bond donors (Lipinski definition) is 0. The first-order valence-electron chi connectivity index (χ1n) is 5.45. The van der Waals surface area contributed by atoms with Crippen LogP contribution in [0.3, 0.4) is 0 Å². The summed E-state index contributed by atoms with van der Waals surface area (Å²) in [5, 5.41) is 0.0237. The van der Waals surface area contributed by atoms with Gasteiger partial charge in [0.2, 0.25) is 0 Å². The van der Waals surface area contributed by atoms with E-state index < -0.39 is 11.2 Å². The largest absolute Gasteiger partial charge is 0.495 e. The summed E-state index contributed by atoms with van der Waals surface area (Å²) >= 11 is 18.0. The predicted molar refractivity (Wildman–Crippen MR) is 77.1 cm³/mol. The number of halogens is 4. The molecule has 0 N–H and O–H groups in total. The highest BCUT2D eigenvalue weighted by Gasteiger charge is 2.14. The lowest BCUT2D eigenvalue weighted by Gasteiger charge is -2.12. The van der Waals surface area contributed by atoms with Gasteiger partial charge in [0.1, 0.15) is 11.6 Å². The van der Waals surface area contributed by atoms with Crippen molar-refractivity contribution in [1.29, 1.82) is 0 Å². The van der Waals surface area contributed by atoms with Crippen LogP contribution in [0.15, 0.2) is 36.4 Å². The van der Waals surface area contributed by atoms with E-state index in [1.54, 1.807) is 24.3 Å². The minimum atomic E-state index is -0.504. The highest BCUT2D eigenvalue weighted by atomic mass is 35.5. The smallest absolute Gasteiger partial charge is 0.142 e. The molecule has 1 unspecified atom stereocenters. The van der Waals surface area contributed by atoms with Crippen molar-refractivity contribution in [3.05, 3.63) is 63.4 Å². The monoisotopic (exact) mass is 318 g/mol. The van der Waals surface area contributed by atoms with E-state index in [4.69, 9.17) is 39.5 Å². The molecule has 2 rings (SSSR count). The molecule has 19 heavy (non-hydrogen) atoms.